The van der Waals surface area contributed by atoms with E-state index in [1.807, 2.05) is 12.1 Å². The molecule has 0 aromatic heterocycles. The molecule has 2 saturated heterocycles. The molecule has 15 heavy (non-hydrogen) atoms. The molecule has 0 aromatic carbocycles. The van der Waals surface area contributed by atoms with Gasteiger partial charge in [0.15, 0.2) is 0 Å². The molecule has 4 nitrogen and oxygen atoms in total. The molecule has 2 fully saturated rings. The van der Waals surface area contributed by atoms with Crippen molar-refractivity contribution in [3.8, 4) is 0 Å². The van der Waals surface area contributed by atoms with Crippen molar-refractivity contribution in [3.63, 3.8) is 0 Å². The molecule has 2 aliphatic heterocycles. The smallest absolute Gasteiger partial charge is 0.0230 e. The lowest BCUT2D eigenvalue weighted by molar-refractivity contribution is 0.225. The highest BCUT2D eigenvalue weighted by Crippen LogP contribution is 2.22. The first-order valence-electron chi connectivity index (χ1n) is 5.86. The van der Waals surface area contributed by atoms with E-state index in [4.69, 9.17) is 5.73 Å². The number of likely N-dealkylation sites (N-methyl/N-ethyl adjacent to an activating group) is 1. The Morgan fingerprint density at radius 3 is 2.07 bits per heavy atom. The molecule has 0 aromatic rings. The van der Waals surface area contributed by atoms with Crippen LogP contribution in [0.2, 0.25) is 0 Å². The normalized spacial score (nSPS) is 28.4. The molecule has 0 radical (unpaired) electrons. The zero-order valence-corrected chi connectivity index (χ0v) is 10.4. The summed E-state index contributed by atoms with van der Waals surface area (Å²) < 4.78 is 4.95. The van der Waals surface area contributed by atoms with Crippen molar-refractivity contribution < 1.29 is 0 Å². The molecule has 0 atom stereocenters. The molecule has 2 rings (SSSR count). The van der Waals surface area contributed by atoms with Crippen LogP contribution >= 0.6 is 12.1 Å². The lowest BCUT2D eigenvalue weighted by atomic mass is 10.1. The molecular formula is C10H22N4S. The molecule has 0 saturated carbocycles. The Kier molecular flexibility index (Phi) is 4.28. The van der Waals surface area contributed by atoms with Crippen LogP contribution in [0.1, 0.15) is 12.8 Å². The van der Waals surface area contributed by atoms with E-state index in [0.29, 0.717) is 6.04 Å². The van der Waals surface area contributed by atoms with E-state index < -0.39 is 0 Å². The van der Waals surface area contributed by atoms with E-state index in [1.165, 1.54) is 26.2 Å². The van der Waals surface area contributed by atoms with Crippen molar-refractivity contribution in [3.05, 3.63) is 0 Å². The van der Waals surface area contributed by atoms with Crippen LogP contribution in [0.3, 0.4) is 0 Å². The highest BCUT2D eigenvalue weighted by atomic mass is 32.2. The average molecular weight is 230 g/mol. The summed E-state index contributed by atoms with van der Waals surface area (Å²) in [5, 5.41) is 0. The van der Waals surface area contributed by atoms with Gasteiger partial charge in [0.1, 0.15) is 0 Å². The molecule has 0 unspecified atom stereocenters. The van der Waals surface area contributed by atoms with Gasteiger partial charge in [-0.3, -0.25) is 0 Å². The molecule has 2 N–H and O–H groups in total. The number of hydrogen-bond acceptors (Lipinski definition) is 5. The first kappa shape index (κ1) is 11.7. The summed E-state index contributed by atoms with van der Waals surface area (Å²) in [7, 11) is 2.20. The summed E-state index contributed by atoms with van der Waals surface area (Å²) in [5.41, 5.74) is 5.89. The van der Waals surface area contributed by atoms with E-state index in [-0.39, 0.29) is 0 Å². The molecule has 2 heterocycles. The molecule has 0 amide bonds. The molecule has 0 aliphatic carbocycles. The largest absolute Gasteiger partial charge is 0.328 e. The molecule has 0 spiro atoms. The second-order valence-electron chi connectivity index (χ2n) is 4.58. The van der Waals surface area contributed by atoms with Gasteiger partial charge in [0.25, 0.3) is 0 Å². The minimum Gasteiger partial charge on any atom is -0.328 e. The van der Waals surface area contributed by atoms with Crippen LogP contribution in [-0.4, -0.2) is 65.9 Å². The van der Waals surface area contributed by atoms with Gasteiger partial charge in [-0.2, -0.15) is 0 Å². The van der Waals surface area contributed by atoms with Crippen molar-refractivity contribution >= 4 is 12.1 Å². The predicted octanol–water partition coefficient (Wildman–Crippen LogP) is 0.220. The molecular weight excluding hydrogens is 208 g/mol. The number of piperidine rings is 1. The number of piperazine rings is 1. The van der Waals surface area contributed by atoms with Crippen LogP contribution in [0.15, 0.2) is 0 Å². The Hall–Kier alpha value is 0.190. The number of rotatable bonds is 2. The Labute approximate surface area is 97.0 Å². The third kappa shape index (κ3) is 3.60. The first-order chi connectivity index (χ1) is 7.24. The lowest BCUT2D eigenvalue weighted by Crippen LogP contribution is -2.44. The monoisotopic (exact) mass is 230 g/mol. The number of nitrogens with zero attached hydrogens (tertiary/aromatic N) is 3. The van der Waals surface area contributed by atoms with Gasteiger partial charge in [0.05, 0.1) is 0 Å². The van der Waals surface area contributed by atoms with Crippen LogP contribution < -0.4 is 5.73 Å². The minimum atomic E-state index is 0.439. The summed E-state index contributed by atoms with van der Waals surface area (Å²) in [6, 6.07) is 0.439. The zero-order valence-electron chi connectivity index (χ0n) is 9.56. The van der Waals surface area contributed by atoms with Crippen molar-refractivity contribution in [2.45, 2.75) is 18.9 Å². The Morgan fingerprint density at radius 1 is 0.933 bits per heavy atom. The van der Waals surface area contributed by atoms with E-state index in [9.17, 15) is 0 Å². The quantitative estimate of drug-likeness (QED) is 0.687. The van der Waals surface area contributed by atoms with Crippen LogP contribution in [0, 0.1) is 0 Å². The van der Waals surface area contributed by atoms with Gasteiger partial charge in [-0.1, -0.05) is 0 Å². The third-order valence-corrected chi connectivity index (χ3v) is 4.38. The van der Waals surface area contributed by atoms with Crippen molar-refractivity contribution in [2.75, 3.05) is 46.3 Å². The van der Waals surface area contributed by atoms with Crippen LogP contribution in [0.5, 0.6) is 0 Å². The van der Waals surface area contributed by atoms with Crippen LogP contribution in [-0.2, 0) is 0 Å². The Morgan fingerprint density at radius 2 is 1.47 bits per heavy atom. The lowest BCUT2D eigenvalue weighted by Gasteiger charge is -2.36. The second-order valence-corrected chi connectivity index (χ2v) is 5.78. The van der Waals surface area contributed by atoms with Crippen molar-refractivity contribution in [1.29, 1.82) is 0 Å². The molecule has 5 heteroatoms. The minimum absolute atomic E-state index is 0.439. The van der Waals surface area contributed by atoms with E-state index in [2.05, 4.69) is 20.6 Å². The average Bonchev–Trinajstić information content (AvgIpc) is 2.25. The fourth-order valence-corrected chi connectivity index (χ4v) is 3.02. The van der Waals surface area contributed by atoms with Gasteiger partial charge in [0, 0.05) is 57.4 Å². The van der Waals surface area contributed by atoms with E-state index in [0.717, 1.165) is 25.9 Å². The van der Waals surface area contributed by atoms with Crippen LogP contribution in [0.4, 0.5) is 0 Å². The van der Waals surface area contributed by atoms with E-state index >= 15 is 0 Å². The van der Waals surface area contributed by atoms with Gasteiger partial charge in [-0.15, -0.1) is 0 Å². The molecule has 2 aliphatic rings. The maximum Gasteiger partial charge on any atom is 0.0230 e. The Bertz CT molecular complexity index is 166. The zero-order chi connectivity index (χ0) is 10.7. The van der Waals surface area contributed by atoms with Crippen LogP contribution in [0.25, 0.3) is 0 Å². The van der Waals surface area contributed by atoms with Crippen molar-refractivity contribution in [1.82, 2.24) is 13.5 Å². The van der Waals surface area contributed by atoms with Crippen molar-refractivity contribution in [2.24, 2.45) is 5.73 Å². The second kappa shape index (κ2) is 5.50. The predicted molar refractivity (Wildman–Crippen MR) is 65.4 cm³/mol. The van der Waals surface area contributed by atoms with Gasteiger partial charge >= 0.3 is 0 Å². The topological polar surface area (TPSA) is 35.7 Å². The van der Waals surface area contributed by atoms with Gasteiger partial charge in [-0.05, 0) is 19.9 Å². The van der Waals surface area contributed by atoms with Gasteiger partial charge < -0.3 is 10.6 Å². The third-order valence-electron chi connectivity index (χ3n) is 3.19. The van der Waals surface area contributed by atoms with Gasteiger partial charge in [-0.25, -0.2) is 8.61 Å². The summed E-state index contributed by atoms with van der Waals surface area (Å²) in [6.07, 6.45) is 2.31. The highest BCUT2D eigenvalue weighted by Gasteiger charge is 2.21. The summed E-state index contributed by atoms with van der Waals surface area (Å²) in [4.78, 5) is 2.39. The number of hydrogen-bond donors (Lipinski definition) is 1. The summed E-state index contributed by atoms with van der Waals surface area (Å²) in [6.45, 7) is 7.06. The van der Waals surface area contributed by atoms with E-state index in [1.54, 1.807) is 0 Å². The number of nitrogens with two attached hydrogens (primary N) is 1. The maximum atomic E-state index is 5.89. The maximum absolute atomic E-state index is 5.89. The summed E-state index contributed by atoms with van der Waals surface area (Å²) >= 11 is 1.93. The first-order valence-corrected chi connectivity index (χ1v) is 6.59. The van der Waals surface area contributed by atoms with Gasteiger partial charge in [0.2, 0.25) is 0 Å². The summed E-state index contributed by atoms with van der Waals surface area (Å²) in [5.74, 6) is 0. The fourth-order valence-electron chi connectivity index (χ4n) is 1.99. The molecule has 88 valence electrons. The Balaban J connectivity index is 1.68. The SMILES string of the molecule is CN1CCN(SN2CCC(N)CC2)CC1. The fraction of sp³-hybridized carbons (Fsp3) is 1.00. The highest BCUT2D eigenvalue weighted by molar-refractivity contribution is 7.94. The standard InChI is InChI=1S/C10H22N4S/c1-12-6-8-14(9-7-12)15-13-4-2-10(11)3-5-13/h10H,2-9,11H2,1H3. The molecule has 0 bridgehead atoms.